The van der Waals surface area contributed by atoms with Gasteiger partial charge in [-0.3, -0.25) is 10.1 Å². The minimum Gasteiger partial charge on any atom is -0.497 e. The van der Waals surface area contributed by atoms with Crippen molar-refractivity contribution in [2.75, 3.05) is 12.4 Å². The van der Waals surface area contributed by atoms with E-state index < -0.39 is 0 Å². The monoisotopic (exact) mass is 263 g/mol. The van der Waals surface area contributed by atoms with Crippen LogP contribution in [0.4, 0.5) is 5.13 Å². The predicted molar refractivity (Wildman–Crippen MR) is 73.6 cm³/mol. The highest BCUT2D eigenvalue weighted by atomic mass is 32.2. The Kier molecular flexibility index (Phi) is 3.62. The van der Waals surface area contributed by atoms with Gasteiger partial charge in [-0.2, -0.15) is 4.98 Å². The molecule has 0 spiro atoms. The lowest BCUT2D eigenvalue weighted by atomic mass is 10.3. The van der Waals surface area contributed by atoms with Crippen molar-refractivity contribution in [2.24, 2.45) is 0 Å². The van der Waals surface area contributed by atoms with Crippen LogP contribution in [-0.2, 0) is 4.79 Å². The summed E-state index contributed by atoms with van der Waals surface area (Å²) in [7, 11) is 1.35. The van der Waals surface area contributed by atoms with Gasteiger partial charge < -0.3 is 4.74 Å². The van der Waals surface area contributed by atoms with Crippen LogP contribution in [0.2, 0.25) is 0 Å². The topological polar surface area (TPSA) is 51.2 Å². The van der Waals surface area contributed by atoms with E-state index in [0.29, 0.717) is 5.13 Å². The Morgan fingerprint density at radius 2 is 2.00 bits per heavy atom. The Morgan fingerprint density at radius 3 is 2.56 bits per heavy atom. The van der Waals surface area contributed by atoms with Crippen molar-refractivity contribution < 1.29 is 9.53 Å². The minimum absolute atomic E-state index is 0.0946. The van der Waals surface area contributed by atoms with Crippen LogP contribution in [0.15, 0.2) is 29.6 Å². The molecule has 1 amide bonds. The number of amides is 1. The molecule has 2 rings (SSSR count). The van der Waals surface area contributed by atoms with Crippen LogP contribution in [0.3, 0.4) is 0 Å². The first-order valence-corrected chi connectivity index (χ1v) is 6.81. The van der Waals surface area contributed by atoms with E-state index in [9.17, 15) is 4.79 Å². The molecule has 1 heterocycles. The molecule has 0 aliphatic carbocycles. The summed E-state index contributed by atoms with van der Waals surface area (Å²) in [6.07, 6.45) is 0. The molecule has 0 bridgehead atoms. The summed E-state index contributed by atoms with van der Waals surface area (Å²) in [5.41, 5.74) is 0.929. The van der Waals surface area contributed by atoms with E-state index >= 15 is 0 Å². The number of anilines is 1. The summed E-state index contributed by atoms with van der Waals surface area (Å²) in [5, 5.41) is 5.57. The van der Waals surface area contributed by atoms with Crippen molar-refractivity contribution in [3.8, 4) is 10.6 Å². The van der Waals surface area contributed by atoms with Crippen molar-refractivity contribution >= 4 is 21.5 Å². The number of ether oxygens (including phenoxy) is 1. The van der Waals surface area contributed by atoms with E-state index in [0.717, 1.165) is 16.3 Å². The smallest absolute Gasteiger partial charge is 0.352 e. The van der Waals surface area contributed by atoms with E-state index in [2.05, 4.69) is 15.7 Å². The molecular formula is C13H15N2O2S+. The van der Waals surface area contributed by atoms with E-state index in [1.807, 2.05) is 31.2 Å². The maximum atomic E-state index is 11.2. The first kappa shape index (κ1) is 12.6. The van der Waals surface area contributed by atoms with Crippen LogP contribution in [0.25, 0.3) is 4.90 Å². The van der Waals surface area contributed by atoms with Gasteiger partial charge in [0, 0.05) is 19.1 Å². The Hall–Kier alpha value is -1.88. The Bertz CT molecular complexity index is 561. The first-order chi connectivity index (χ1) is 8.60. The van der Waals surface area contributed by atoms with Gasteiger partial charge in [0.25, 0.3) is 0 Å². The molecule has 18 heavy (non-hydrogen) atoms. The molecule has 0 saturated carbocycles. The lowest BCUT2D eigenvalue weighted by Gasteiger charge is -1.98. The molecule has 0 fully saturated rings. The molecule has 0 aliphatic rings. The number of hydrogen-bond donors (Lipinski definition) is 1. The second-order valence-corrected chi connectivity index (χ2v) is 5.64. The molecule has 1 N–H and O–H groups in total. The van der Waals surface area contributed by atoms with Crippen molar-refractivity contribution in [1.82, 2.24) is 4.98 Å². The van der Waals surface area contributed by atoms with Crippen LogP contribution in [0.5, 0.6) is 5.75 Å². The Morgan fingerprint density at radius 1 is 1.33 bits per heavy atom. The third kappa shape index (κ3) is 2.68. The summed E-state index contributed by atoms with van der Waals surface area (Å²) in [5.74, 6) is 0.725. The highest BCUT2D eigenvalue weighted by molar-refractivity contribution is 7.41. The second-order valence-electron chi connectivity index (χ2n) is 3.87. The van der Waals surface area contributed by atoms with E-state index in [1.165, 1.54) is 6.92 Å². The fourth-order valence-electron chi connectivity index (χ4n) is 1.60. The van der Waals surface area contributed by atoms with Gasteiger partial charge in [0.15, 0.2) is 10.3 Å². The number of nitrogens with zero attached hydrogens (tertiary/aromatic N) is 1. The van der Waals surface area contributed by atoms with E-state index in [1.54, 1.807) is 7.11 Å². The predicted octanol–water partition coefficient (Wildman–Crippen LogP) is 3.10. The van der Waals surface area contributed by atoms with E-state index in [4.69, 9.17) is 4.74 Å². The average molecular weight is 263 g/mol. The quantitative estimate of drug-likeness (QED) is 0.866. The molecule has 1 atom stereocenters. The number of benzene rings is 1. The number of hydrogen-bond acceptors (Lipinski definition) is 3. The van der Waals surface area contributed by atoms with Gasteiger partial charge in [-0.15, -0.1) is 0 Å². The standard InChI is InChI=1S/C13H14N2O2S/c1-9-8-18(13(14-9)15-10(2)16)12-6-4-11(17-3)5-7-12/h4-8H,1-3H3/p+1. The zero-order chi connectivity index (χ0) is 13.1. The number of rotatable bonds is 3. The maximum absolute atomic E-state index is 11.2. The molecule has 5 heteroatoms. The molecular weight excluding hydrogens is 248 g/mol. The van der Waals surface area contributed by atoms with Gasteiger partial charge in [-0.05, 0) is 19.1 Å². The maximum Gasteiger partial charge on any atom is 0.352 e. The number of aryl methyl sites for hydroxylation is 1. The molecule has 0 saturated heterocycles. The number of nitrogens with one attached hydrogen (secondary N) is 1. The second kappa shape index (κ2) is 5.18. The van der Waals surface area contributed by atoms with Crippen LogP contribution >= 0.6 is 10.5 Å². The summed E-state index contributed by atoms with van der Waals surface area (Å²) < 4.78 is 5.13. The van der Waals surface area contributed by atoms with Gasteiger partial charge >= 0.3 is 5.13 Å². The number of carbonyl (C=O) groups is 1. The van der Waals surface area contributed by atoms with Gasteiger partial charge in [0.05, 0.1) is 23.3 Å². The number of methoxy groups -OCH3 is 1. The zero-order valence-corrected chi connectivity index (χ0v) is 11.4. The minimum atomic E-state index is -0.289. The number of thiazole rings is 1. The molecule has 94 valence electrons. The van der Waals surface area contributed by atoms with Crippen molar-refractivity contribution in [1.29, 1.82) is 0 Å². The fourth-order valence-corrected chi connectivity index (χ4v) is 3.39. The van der Waals surface area contributed by atoms with Crippen molar-refractivity contribution in [2.45, 2.75) is 13.8 Å². The molecule has 1 aromatic carbocycles. The number of carbonyl (C=O) groups excluding carboxylic acids is 1. The fraction of sp³-hybridized carbons (Fsp3) is 0.231. The third-order valence-electron chi connectivity index (χ3n) is 2.37. The Balaban J connectivity index is 2.39. The van der Waals surface area contributed by atoms with Crippen molar-refractivity contribution in [3.63, 3.8) is 0 Å². The summed E-state index contributed by atoms with van der Waals surface area (Å²) in [6, 6.07) is 7.81. The lowest BCUT2D eigenvalue weighted by molar-refractivity contribution is -0.114. The van der Waals surface area contributed by atoms with Crippen LogP contribution in [0, 0.1) is 6.92 Å². The average Bonchev–Trinajstić information content (AvgIpc) is 2.69. The van der Waals surface area contributed by atoms with Crippen LogP contribution in [-0.4, -0.2) is 18.0 Å². The van der Waals surface area contributed by atoms with Gasteiger partial charge in [0.1, 0.15) is 5.75 Å². The highest BCUT2D eigenvalue weighted by Crippen LogP contribution is 2.39. The number of aromatic nitrogens is 1. The molecule has 0 radical (unpaired) electrons. The molecule has 1 unspecified atom stereocenters. The van der Waals surface area contributed by atoms with Crippen molar-refractivity contribution in [3.05, 3.63) is 35.3 Å². The summed E-state index contributed by atoms with van der Waals surface area (Å²) in [4.78, 5) is 16.6. The zero-order valence-electron chi connectivity index (χ0n) is 10.6. The van der Waals surface area contributed by atoms with Gasteiger partial charge in [-0.1, -0.05) is 0 Å². The van der Waals surface area contributed by atoms with Crippen LogP contribution in [0.1, 0.15) is 12.6 Å². The third-order valence-corrected chi connectivity index (χ3v) is 4.34. The normalized spacial score (nSPS) is 11.2. The largest absolute Gasteiger partial charge is 0.497 e. The summed E-state index contributed by atoms with van der Waals surface area (Å²) >= 11 is 0. The molecule has 4 nitrogen and oxygen atoms in total. The molecule has 0 aliphatic heterocycles. The van der Waals surface area contributed by atoms with E-state index in [-0.39, 0.29) is 16.4 Å². The summed E-state index contributed by atoms with van der Waals surface area (Å²) in [6.45, 7) is 3.42. The van der Waals surface area contributed by atoms with Gasteiger partial charge in [0.2, 0.25) is 5.91 Å². The SMILES string of the molecule is COc1ccc(-[s+]2cc(C)nc2NC(C)=O)cc1. The molecule has 1 aromatic heterocycles. The molecule has 2 aromatic rings. The highest BCUT2D eigenvalue weighted by Gasteiger charge is 2.21. The van der Waals surface area contributed by atoms with Crippen LogP contribution < -0.4 is 10.1 Å². The Labute approximate surface area is 109 Å². The van der Waals surface area contributed by atoms with Gasteiger partial charge in [-0.25, -0.2) is 0 Å². The lowest BCUT2D eigenvalue weighted by Crippen LogP contribution is -2.05. The first-order valence-electron chi connectivity index (χ1n) is 5.52.